The lowest BCUT2D eigenvalue weighted by Gasteiger charge is -2.33. The van der Waals surface area contributed by atoms with Gasteiger partial charge in [-0.2, -0.15) is 4.37 Å². The summed E-state index contributed by atoms with van der Waals surface area (Å²) in [6.07, 6.45) is 5.17. The summed E-state index contributed by atoms with van der Waals surface area (Å²) in [4.78, 5) is 41.9. The van der Waals surface area contributed by atoms with Crippen molar-refractivity contribution >= 4 is 46.3 Å². The molecule has 1 aliphatic carbocycles. The number of primary amides is 1. The third kappa shape index (κ3) is 5.71. The molecular formula is C25H29N5O3S2. The minimum Gasteiger partial charge on any atom is -0.395 e. The van der Waals surface area contributed by atoms with E-state index in [2.05, 4.69) is 9.69 Å². The number of hydrogen-bond donors (Lipinski definition) is 3. The van der Waals surface area contributed by atoms with Crippen molar-refractivity contribution in [2.24, 2.45) is 5.73 Å². The van der Waals surface area contributed by atoms with Gasteiger partial charge in [0.2, 0.25) is 5.91 Å². The Morgan fingerprint density at radius 1 is 1.14 bits per heavy atom. The van der Waals surface area contributed by atoms with E-state index in [1.165, 1.54) is 22.7 Å². The molecule has 0 radical (unpaired) electrons. The molecule has 0 bridgehead atoms. The van der Waals surface area contributed by atoms with Gasteiger partial charge in [0, 0.05) is 10.9 Å². The van der Waals surface area contributed by atoms with Crippen LogP contribution in [0.2, 0.25) is 0 Å². The number of nitrogens with zero attached hydrogens (tertiary/aromatic N) is 2. The highest BCUT2D eigenvalue weighted by Crippen LogP contribution is 2.31. The fourth-order valence-electron chi connectivity index (χ4n) is 4.36. The molecule has 8 nitrogen and oxygen atoms in total. The Kier molecular flexibility index (Phi) is 7.82. The van der Waals surface area contributed by atoms with Crippen LogP contribution in [0.15, 0.2) is 41.8 Å². The quantitative estimate of drug-likeness (QED) is 0.420. The SMILES string of the molecule is Cc1ccc([C@H](C(=O)NC2CCCCC2)N(Cc2cccs2)C(=O)c2snc(C(N)=O)c2N)cc1. The fourth-order valence-corrected chi connectivity index (χ4v) is 5.82. The van der Waals surface area contributed by atoms with Gasteiger partial charge in [-0.05, 0) is 48.3 Å². The molecule has 184 valence electrons. The topological polar surface area (TPSA) is 131 Å². The van der Waals surface area contributed by atoms with E-state index in [4.69, 9.17) is 11.5 Å². The number of amides is 3. The van der Waals surface area contributed by atoms with E-state index in [0.717, 1.165) is 47.7 Å². The molecule has 0 unspecified atom stereocenters. The fraction of sp³-hybridized carbons (Fsp3) is 0.360. The number of anilines is 1. The Morgan fingerprint density at radius 3 is 2.46 bits per heavy atom. The third-order valence-corrected chi connectivity index (χ3v) is 7.94. The van der Waals surface area contributed by atoms with Gasteiger partial charge < -0.3 is 21.7 Å². The normalized spacial score (nSPS) is 14.9. The third-order valence-electron chi connectivity index (χ3n) is 6.23. The molecule has 4 rings (SSSR count). The average Bonchev–Trinajstić information content (AvgIpc) is 3.49. The summed E-state index contributed by atoms with van der Waals surface area (Å²) in [5.74, 6) is -1.50. The highest BCUT2D eigenvalue weighted by Gasteiger charge is 2.36. The van der Waals surface area contributed by atoms with Crippen LogP contribution in [-0.4, -0.2) is 33.0 Å². The van der Waals surface area contributed by atoms with Crippen LogP contribution >= 0.6 is 22.9 Å². The number of nitrogens with two attached hydrogens (primary N) is 2. The zero-order chi connectivity index (χ0) is 24.9. The Labute approximate surface area is 212 Å². The molecule has 2 aromatic heterocycles. The number of carbonyl (C=O) groups is 3. The van der Waals surface area contributed by atoms with Crippen molar-refractivity contribution in [1.29, 1.82) is 0 Å². The van der Waals surface area contributed by atoms with Gasteiger partial charge in [0.05, 0.1) is 12.2 Å². The van der Waals surface area contributed by atoms with Gasteiger partial charge in [0.1, 0.15) is 10.9 Å². The predicted octanol–water partition coefficient (Wildman–Crippen LogP) is 4.03. The molecule has 35 heavy (non-hydrogen) atoms. The molecule has 1 saturated carbocycles. The van der Waals surface area contributed by atoms with Crippen LogP contribution in [0.4, 0.5) is 5.69 Å². The van der Waals surface area contributed by atoms with Gasteiger partial charge >= 0.3 is 0 Å². The number of benzene rings is 1. The van der Waals surface area contributed by atoms with Crippen molar-refractivity contribution in [3.8, 4) is 0 Å². The number of aryl methyl sites for hydroxylation is 1. The molecule has 3 amide bonds. The first-order valence-corrected chi connectivity index (χ1v) is 13.3. The summed E-state index contributed by atoms with van der Waals surface area (Å²) < 4.78 is 3.99. The molecule has 0 spiro atoms. The highest BCUT2D eigenvalue weighted by molar-refractivity contribution is 7.10. The van der Waals surface area contributed by atoms with Crippen LogP contribution in [0.25, 0.3) is 0 Å². The van der Waals surface area contributed by atoms with Gasteiger partial charge in [-0.25, -0.2) is 0 Å². The maximum Gasteiger partial charge on any atom is 0.270 e. The summed E-state index contributed by atoms with van der Waals surface area (Å²) in [6.45, 7) is 2.18. The number of aromatic nitrogens is 1. The van der Waals surface area contributed by atoms with E-state index < -0.39 is 17.9 Å². The molecule has 1 aromatic carbocycles. The first kappa shape index (κ1) is 24.9. The van der Waals surface area contributed by atoms with Crippen molar-refractivity contribution in [3.63, 3.8) is 0 Å². The zero-order valence-corrected chi connectivity index (χ0v) is 21.2. The number of nitrogen functional groups attached to an aromatic ring is 1. The second-order valence-electron chi connectivity index (χ2n) is 8.81. The van der Waals surface area contributed by atoms with E-state index in [0.29, 0.717) is 5.56 Å². The van der Waals surface area contributed by atoms with Crippen LogP contribution in [0, 0.1) is 6.92 Å². The molecule has 1 aliphatic rings. The van der Waals surface area contributed by atoms with Gasteiger partial charge in [0.15, 0.2) is 5.69 Å². The summed E-state index contributed by atoms with van der Waals surface area (Å²) in [5, 5.41) is 5.11. The minimum absolute atomic E-state index is 0.0565. The molecule has 3 aromatic rings. The standard InChI is InChI=1S/C25H29N5O3S2/c1-15-9-11-16(12-10-15)21(24(32)28-17-6-3-2-4-7-17)30(14-18-8-5-13-34-18)25(33)22-19(26)20(23(27)31)29-35-22/h5,8-13,17,21H,2-4,6-7,14,26H2,1H3,(H2,27,31)(H,28,32)/t21-/m1/s1. The number of hydrogen-bond acceptors (Lipinski definition) is 7. The number of nitrogens with one attached hydrogen (secondary N) is 1. The summed E-state index contributed by atoms with van der Waals surface area (Å²) in [7, 11) is 0. The van der Waals surface area contributed by atoms with Crippen molar-refractivity contribution in [1.82, 2.24) is 14.6 Å². The molecule has 5 N–H and O–H groups in total. The molecule has 0 saturated heterocycles. The molecule has 2 heterocycles. The van der Waals surface area contributed by atoms with Crippen molar-refractivity contribution in [2.45, 2.75) is 57.7 Å². The molecule has 1 fully saturated rings. The van der Waals surface area contributed by atoms with Crippen molar-refractivity contribution < 1.29 is 14.4 Å². The van der Waals surface area contributed by atoms with Gasteiger partial charge in [-0.1, -0.05) is 55.2 Å². The first-order valence-electron chi connectivity index (χ1n) is 11.6. The largest absolute Gasteiger partial charge is 0.395 e. The van der Waals surface area contributed by atoms with E-state index in [-0.39, 0.29) is 34.8 Å². The molecule has 10 heteroatoms. The smallest absolute Gasteiger partial charge is 0.270 e. The maximum atomic E-state index is 13.9. The summed E-state index contributed by atoms with van der Waals surface area (Å²) in [6, 6.07) is 10.6. The van der Waals surface area contributed by atoms with E-state index in [1.54, 1.807) is 0 Å². The lowest BCUT2D eigenvalue weighted by atomic mass is 9.94. The summed E-state index contributed by atoms with van der Waals surface area (Å²) in [5.41, 5.74) is 13.0. The predicted molar refractivity (Wildman–Crippen MR) is 138 cm³/mol. The number of carbonyl (C=O) groups excluding carboxylic acids is 3. The van der Waals surface area contributed by atoms with Crippen LogP contribution < -0.4 is 16.8 Å². The van der Waals surface area contributed by atoms with E-state index in [9.17, 15) is 14.4 Å². The second-order valence-corrected chi connectivity index (χ2v) is 10.6. The van der Waals surface area contributed by atoms with Crippen molar-refractivity contribution in [2.75, 3.05) is 5.73 Å². The van der Waals surface area contributed by atoms with Crippen LogP contribution in [0.5, 0.6) is 0 Å². The summed E-state index contributed by atoms with van der Waals surface area (Å²) >= 11 is 2.32. The first-order chi connectivity index (χ1) is 16.8. The molecule has 1 atom stereocenters. The maximum absolute atomic E-state index is 13.9. The van der Waals surface area contributed by atoms with Gasteiger partial charge in [0.25, 0.3) is 11.8 Å². The van der Waals surface area contributed by atoms with Crippen molar-refractivity contribution in [3.05, 3.63) is 68.4 Å². The lowest BCUT2D eigenvalue weighted by Crippen LogP contribution is -2.46. The van der Waals surface area contributed by atoms with Crippen LogP contribution in [-0.2, 0) is 11.3 Å². The average molecular weight is 512 g/mol. The Hall–Kier alpha value is -3.24. The second kappa shape index (κ2) is 11.0. The minimum atomic E-state index is -0.884. The monoisotopic (exact) mass is 511 g/mol. The van der Waals surface area contributed by atoms with E-state index >= 15 is 0 Å². The van der Waals surface area contributed by atoms with Gasteiger partial charge in [-0.15, -0.1) is 11.3 Å². The Bertz CT molecular complexity index is 1180. The Morgan fingerprint density at radius 2 is 1.86 bits per heavy atom. The molecular weight excluding hydrogens is 482 g/mol. The van der Waals surface area contributed by atoms with Crippen LogP contribution in [0.1, 0.15) is 74.3 Å². The van der Waals surface area contributed by atoms with Crippen LogP contribution in [0.3, 0.4) is 0 Å². The number of thiophene rings is 1. The lowest BCUT2D eigenvalue weighted by molar-refractivity contribution is -0.127. The van der Waals surface area contributed by atoms with E-state index in [1.807, 2.05) is 48.7 Å². The Balaban J connectivity index is 1.75. The highest BCUT2D eigenvalue weighted by atomic mass is 32.1. The van der Waals surface area contributed by atoms with Gasteiger partial charge in [-0.3, -0.25) is 14.4 Å². The molecule has 0 aliphatic heterocycles. The zero-order valence-electron chi connectivity index (χ0n) is 19.5. The number of rotatable bonds is 8.